The zero-order valence-corrected chi connectivity index (χ0v) is 12.0. The minimum Gasteiger partial charge on any atom is -0.497 e. The molecule has 0 saturated carbocycles. The van der Waals surface area contributed by atoms with E-state index >= 15 is 0 Å². The number of Topliss-reactive ketones (excluding diaryl/α,β-unsaturated/α-hetero) is 1. The third-order valence-electron chi connectivity index (χ3n) is 3.57. The molecule has 0 N–H and O–H groups in total. The maximum atomic E-state index is 12.4. The average Bonchev–Trinajstić information content (AvgIpc) is 2.83. The molecule has 0 aliphatic carbocycles. The zero-order valence-electron chi connectivity index (χ0n) is 12.0. The highest BCUT2D eigenvalue weighted by Gasteiger charge is 2.32. The molecule has 0 radical (unpaired) electrons. The Morgan fingerprint density at radius 2 is 1.81 bits per heavy atom. The SMILES string of the molecule is COc1cccc(C[C@H]2Oc3ccc(OC)cc3C2=O)c1. The number of benzene rings is 2. The second-order valence-corrected chi connectivity index (χ2v) is 4.89. The van der Waals surface area contributed by atoms with Crippen molar-refractivity contribution in [3.63, 3.8) is 0 Å². The van der Waals surface area contributed by atoms with Gasteiger partial charge in [0.05, 0.1) is 19.8 Å². The first-order chi connectivity index (χ1) is 10.2. The molecule has 1 atom stereocenters. The van der Waals surface area contributed by atoms with Gasteiger partial charge in [0.2, 0.25) is 5.78 Å². The molecule has 0 unspecified atom stereocenters. The van der Waals surface area contributed by atoms with Crippen molar-refractivity contribution in [1.82, 2.24) is 0 Å². The molecular formula is C17H16O4. The first-order valence-corrected chi connectivity index (χ1v) is 6.73. The molecule has 3 rings (SSSR count). The fraction of sp³-hybridized carbons (Fsp3) is 0.235. The van der Waals surface area contributed by atoms with Crippen LogP contribution in [0.4, 0.5) is 0 Å². The van der Waals surface area contributed by atoms with Gasteiger partial charge in [0, 0.05) is 6.42 Å². The molecule has 0 fully saturated rings. The van der Waals surface area contributed by atoms with Gasteiger partial charge in [-0.25, -0.2) is 0 Å². The van der Waals surface area contributed by atoms with Crippen molar-refractivity contribution < 1.29 is 19.0 Å². The summed E-state index contributed by atoms with van der Waals surface area (Å²) >= 11 is 0. The summed E-state index contributed by atoms with van der Waals surface area (Å²) in [7, 11) is 3.20. The summed E-state index contributed by atoms with van der Waals surface area (Å²) in [5.74, 6) is 2.05. The van der Waals surface area contributed by atoms with Crippen LogP contribution >= 0.6 is 0 Å². The fourth-order valence-corrected chi connectivity index (χ4v) is 2.46. The standard InChI is InChI=1S/C17H16O4/c1-19-12-5-3-4-11(8-12)9-16-17(18)14-10-13(20-2)6-7-15(14)21-16/h3-8,10,16H,9H2,1-2H3/t16-/m1/s1. The van der Waals surface area contributed by atoms with E-state index in [0.717, 1.165) is 11.3 Å². The minimum atomic E-state index is -0.487. The molecule has 1 heterocycles. The highest BCUT2D eigenvalue weighted by Crippen LogP contribution is 2.33. The van der Waals surface area contributed by atoms with Gasteiger partial charge in [0.25, 0.3) is 0 Å². The highest BCUT2D eigenvalue weighted by molar-refractivity contribution is 6.05. The molecule has 108 valence electrons. The lowest BCUT2D eigenvalue weighted by Gasteiger charge is -2.10. The number of ether oxygens (including phenoxy) is 3. The Morgan fingerprint density at radius 3 is 2.57 bits per heavy atom. The number of rotatable bonds is 4. The fourth-order valence-electron chi connectivity index (χ4n) is 2.46. The van der Waals surface area contributed by atoms with Crippen molar-refractivity contribution in [2.45, 2.75) is 12.5 Å². The van der Waals surface area contributed by atoms with Crippen LogP contribution in [0.1, 0.15) is 15.9 Å². The quantitative estimate of drug-likeness (QED) is 0.866. The van der Waals surface area contributed by atoms with Gasteiger partial charge in [-0.05, 0) is 35.9 Å². The van der Waals surface area contributed by atoms with Crippen LogP contribution in [0.5, 0.6) is 17.2 Å². The number of ketones is 1. The minimum absolute atomic E-state index is 0.00767. The van der Waals surface area contributed by atoms with Gasteiger partial charge in [-0.15, -0.1) is 0 Å². The Hall–Kier alpha value is -2.49. The van der Waals surface area contributed by atoms with Gasteiger partial charge in [0.1, 0.15) is 17.2 Å². The van der Waals surface area contributed by atoms with Crippen molar-refractivity contribution in [2.24, 2.45) is 0 Å². The first-order valence-electron chi connectivity index (χ1n) is 6.73. The number of carbonyl (C=O) groups excluding carboxylic acids is 1. The van der Waals surface area contributed by atoms with Crippen molar-refractivity contribution in [3.8, 4) is 17.2 Å². The normalized spacial score (nSPS) is 16.3. The number of fused-ring (bicyclic) bond motifs is 1. The second kappa shape index (κ2) is 5.48. The summed E-state index contributed by atoms with van der Waals surface area (Å²) in [6, 6.07) is 13.0. The smallest absolute Gasteiger partial charge is 0.207 e. The number of hydrogen-bond donors (Lipinski definition) is 0. The largest absolute Gasteiger partial charge is 0.497 e. The average molecular weight is 284 g/mol. The van der Waals surface area contributed by atoms with Crippen molar-refractivity contribution in [3.05, 3.63) is 53.6 Å². The molecule has 0 saturated heterocycles. The molecular weight excluding hydrogens is 268 g/mol. The Morgan fingerprint density at radius 1 is 1.05 bits per heavy atom. The topological polar surface area (TPSA) is 44.8 Å². The summed E-state index contributed by atoms with van der Waals surface area (Å²) in [5.41, 5.74) is 1.59. The summed E-state index contributed by atoms with van der Waals surface area (Å²) in [6.07, 6.45) is 0.0340. The van der Waals surface area contributed by atoms with Gasteiger partial charge >= 0.3 is 0 Å². The third kappa shape index (κ3) is 2.57. The van der Waals surface area contributed by atoms with E-state index in [1.807, 2.05) is 24.3 Å². The highest BCUT2D eigenvalue weighted by atomic mass is 16.5. The maximum Gasteiger partial charge on any atom is 0.207 e. The van der Waals surface area contributed by atoms with Crippen LogP contribution in [0.15, 0.2) is 42.5 Å². The Kier molecular flexibility index (Phi) is 3.52. The van der Waals surface area contributed by atoms with Gasteiger partial charge in [-0.1, -0.05) is 12.1 Å². The van der Waals surface area contributed by atoms with E-state index in [2.05, 4.69) is 0 Å². The first kappa shape index (κ1) is 13.5. The lowest BCUT2D eigenvalue weighted by atomic mass is 10.0. The molecule has 4 nitrogen and oxygen atoms in total. The molecule has 2 aromatic carbocycles. The molecule has 4 heteroatoms. The number of hydrogen-bond acceptors (Lipinski definition) is 4. The summed E-state index contributed by atoms with van der Waals surface area (Å²) in [4.78, 5) is 12.4. The summed E-state index contributed by atoms with van der Waals surface area (Å²) in [5, 5.41) is 0. The van der Waals surface area contributed by atoms with E-state index in [-0.39, 0.29) is 5.78 Å². The Bertz CT molecular complexity index is 678. The van der Waals surface area contributed by atoms with Crippen LogP contribution in [0.2, 0.25) is 0 Å². The Labute approximate surface area is 123 Å². The van der Waals surface area contributed by atoms with E-state index < -0.39 is 6.10 Å². The van der Waals surface area contributed by atoms with E-state index in [9.17, 15) is 4.79 Å². The summed E-state index contributed by atoms with van der Waals surface area (Å²) < 4.78 is 16.1. The number of carbonyl (C=O) groups is 1. The van der Waals surface area contributed by atoms with E-state index in [4.69, 9.17) is 14.2 Å². The zero-order chi connectivity index (χ0) is 14.8. The molecule has 2 aromatic rings. The van der Waals surface area contributed by atoms with Gasteiger partial charge in [0.15, 0.2) is 6.10 Å². The van der Waals surface area contributed by atoms with Crippen molar-refractivity contribution >= 4 is 5.78 Å². The van der Waals surface area contributed by atoms with Crippen LogP contribution in [0.25, 0.3) is 0 Å². The van der Waals surface area contributed by atoms with Crippen molar-refractivity contribution in [1.29, 1.82) is 0 Å². The Balaban J connectivity index is 1.81. The molecule has 0 bridgehead atoms. The predicted octanol–water partition coefficient (Wildman–Crippen LogP) is 2.89. The molecule has 0 aromatic heterocycles. The van der Waals surface area contributed by atoms with Crippen LogP contribution in [-0.4, -0.2) is 26.1 Å². The second-order valence-electron chi connectivity index (χ2n) is 4.89. The van der Waals surface area contributed by atoms with E-state index in [1.165, 1.54) is 0 Å². The maximum absolute atomic E-state index is 12.4. The molecule has 1 aliphatic heterocycles. The van der Waals surface area contributed by atoms with Gasteiger partial charge < -0.3 is 14.2 Å². The molecule has 21 heavy (non-hydrogen) atoms. The van der Waals surface area contributed by atoms with Crippen LogP contribution in [0, 0.1) is 0 Å². The number of methoxy groups -OCH3 is 2. The van der Waals surface area contributed by atoms with E-state index in [1.54, 1.807) is 32.4 Å². The molecule has 0 spiro atoms. The lowest BCUT2D eigenvalue weighted by Crippen LogP contribution is -2.23. The van der Waals surface area contributed by atoms with Crippen molar-refractivity contribution in [2.75, 3.05) is 14.2 Å². The van der Waals surface area contributed by atoms with Crippen LogP contribution < -0.4 is 14.2 Å². The van der Waals surface area contributed by atoms with Crippen LogP contribution in [-0.2, 0) is 6.42 Å². The molecule has 0 amide bonds. The molecule has 1 aliphatic rings. The predicted molar refractivity (Wildman–Crippen MR) is 78.4 cm³/mol. The monoisotopic (exact) mass is 284 g/mol. The summed E-state index contributed by atoms with van der Waals surface area (Å²) in [6.45, 7) is 0. The lowest BCUT2D eigenvalue weighted by molar-refractivity contribution is 0.0857. The third-order valence-corrected chi connectivity index (χ3v) is 3.57. The van der Waals surface area contributed by atoms with Gasteiger partial charge in [-0.2, -0.15) is 0 Å². The van der Waals surface area contributed by atoms with E-state index in [0.29, 0.717) is 23.5 Å². The van der Waals surface area contributed by atoms with Gasteiger partial charge in [-0.3, -0.25) is 4.79 Å². The van der Waals surface area contributed by atoms with Crippen LogP contribution in [0.3, 0.4) is 0 Å².